The number of hydrogen-bond donors (Lipinski definition) is 1. The van der Waals surface area contributed by atoms with Crippen LogP contribution >= 0.6 is 11.8 Å². The molecule has 4 rings (SSSR count). The van der Waals surface area contributed by atoms with Gasteiger partial charge in [-0.1, -0.05) is 18.6 Å². The zero-order chi connectivity index (χ0) is 22.0. The second-order valence-electron chi connectivity index (χ2n) is 7.09. The Morgan fingerprint density at radius 1 is 1.06 bits per heavy atom. The first kappa shape index (κ1) is 21.4. The Bertz CT molecular complexity index is 1110. The van der Waals surface area contributed by atoms with Crippen LogP contribution in [0.15, 0.2) is 47.4 Å². The van der Waals surface area contributed by atoms with Crippen molar-refractivity contribution in [2.75, 3.05) is 5.32 Å². The highest BCUT2D eigenvalue weighted by molar-refractivity contribution is 8.00. The standard InChI is InChI=1S/C21H18F4N4OS/c22-16-10-9-13(12-15(16)19-28-27-18-8-2-1-5-11-29(18)19)26-20(30)14-6-3-4-7-17(14)31-21(23,24)25/h3-4,6-7,9-10,12H,1-2,5,8,11H2,(H,26,30). The lowest BCUT2D eigenvalue weighted by Crippen LogP contribution is -2.14. The highest BCUT2D eigenvalue weighted by Crippen LogP contribution is 2.38. The van der Waals surface area contributed by atoms with Gasteiger partial charge in [0.15, 0.2) is 5.82 Å². The van der Waals surface area contributed by atoms with Gasteiger partial charge in [0.2, 0.25) is 0 Å². The number of alkyl halides is 3. The monoisotopic (exact) mass is 450 g/mol. The summed E-state index contributed by atoms with van der Waals surface area (Å²) in [5.41, 5.74) is -4.21. The van der Waals surface area contributed by atoms with Crippen LogP contribution in [0.4, 0.5) is 23.2 Å². The van der Waals surface area contributed by atoms with E-state index < -0.39 is 17.2 Å². The number of aryl methyl sites for hydroxylation is 1. The Morgan fingerprint density at radius 2 is 1.87 bits per heavy atom. The summed E-state index contributed by atoms with van der Waals surface area (Å²) in [6.45, 7) is 0.676. The zero-order valence-corrected chi connectivity index (χ0v) is 17.1. The van der Waals surface area contributed by atoms with Crippen molar-refractivity contribution in [1.29, 1.82) is 0 Å². The van der Waals surface area contributed by atoms with Gasteiger partial charge in [-0.15, -0.1) is 10.2 Å². The number of halogens is 4. The number of carbonyl (C=O) groups is 1. The predicted octanol–water partition coefficient (Wildman–Crippen LogP) is 5.67. The van der Waals surface area contributed by atoms with Gasteiger partial charge in [-0.2, -0.15) is 13.2 Å². The van der Waals surface area contributed by atoms with Gasteiger partial charge in [0.05, 0.1) is 11.1 Å². The predicted molar refractivity (Wildman–Crippen MR) is 109 cm³/mol. The van der Waals surface area contributed by atoms with E-state index in [0.717, 1.165) is 31.5 Å². The Morgan fingerprint density at radius 3 is 2.68 bits per heavy atom. The second-order valence-corrected chi connectivity index (χ2v) is 8.20. The van der Waals surface area contributed by atoms with E-state index in [4.69, 9.17) is 0 Å². The molecule has 2 aromatic carbocycles. The molecule has 0 aliphatic carbocycles. The van der Waals surface area contributed by atoms with Gasteiger partial charge in [-0.05, 0) is 54.9 Å². The number of hydrogen-bond acceptors (Lipinski definition) is 4. The van der Waals surface area contributed by atoms with E-state index in [9.17, 15) is 22.4 Å². The molecule has 0 spiro atoms. The number of amides is 1. The van der Waals surface area contributed by atoms with Crippen LogP contribution in [-0.2, 0) is 13.0 Å². The number of rotatable bonds is 4. The van der Waals surface area contributed by atoms with E-state index in [1.54, 1.807) is 0 Å². The molecule has 1 aliphatic rings. The van der Waals surface area contributed by atoms with Crippen LogP contribution < -0.4 is 5.32 Å². The van der Waals surface area contributed by atoms with E-state index in [0.29, 0.717) is 12.4 Å². The summed E-state index contributed by atoms with van der Waals surface area (Å²) in [5, 5.41) is 10.9. The van der Waals surface area contributed by atoms with Gasteiger partial charge >= 0.3 is 5.51 Å². The molecule has 31 heavy (non-hydrogen) atoms. The maximum Gasteiger partial charge on any atom is 0.446 e. The molecule has 162 valence electrons. The summed E-state index contributed by atoms with van der Waals surface area (Å²) in [4.78, 5) is 12.5. The number of benzene rings is 2. The van der Waals surface area contributed by atoms with E-state index >= 15 is 0 Å². The smallest absolute Gasteiger partial charge is 0.322 e. The van der Waals surface area contributed by atoms with Crippen LogP contribution in [0.3, 0.4) is 0 Å². The summed E-state index contributed by atoms with van der Waals surface area (Å²) in [6, 6.07) is 9.43. The molecule has 0 bridgehead atoms. The molecule has 0 atom stereocenters. The molecule has 2 heterocycles. The minimum Gasteiger partial charge on any atom is -0.322 e. The Balaban J connectivity index is 1.62. The normalized spacial score (nSPS) is 14.1. The number of anilines is 1. The fourth-order valence-corrected chi connectivity index (χ4v) is 4.19. The zero-order valence-electron chi connectivity index (χ0n) is 16.2. The summed E-state index contributed by atoms with van der Waals surface area (Å²) in [7, 11) is 0. The van der Waals surface area contributed by atoms with Crippen molar-refractivity contribution in [3.63, 3.8) is 0 Å². The molecule has 0 saturated carbocycles. The van der Waals surface area contributed by atoms with Gasteiger partial charge in [-0.25, -0.2) is 4.39 Å². The molecule has 1 N–H and O–H groups in total. The molecular weight excluding hydrogens is 432 g/mol. The minimum absolute atomic E-state index is 0.118. The molecule has 3 aromatic rings. The van der Waals surface area contributed by atoms with E-state index in [-0.39, 0.29) is 33.5 Å². The third-order valence-corrected chi connectivity index (χ3v) is 5.74. The van der Waals surface area contributed by atoms with Crippen LogP contribution in [0, 0.1) is 5.82 Å². The Hall–Kier alpha value is -2.88. The fourth-order valence-electron chi connectivity index (χ4n) is 3.53. The van der Waals surface area contributed by atoms with Gasteiger partial charge in [0.25, 0.3) is 5.91 Å². The number of thioether (sulfide) groups is 1. The molecule has 10 heteroatoms. The lowest BCUT2D eigenvalue weighted by atomic mass is 10.1. The van der Waals surface area contributed by atoms with Crippen molar-refractivity contribution in [1.82, 2.24) is 14.8 Å². The summed E-state index contributed by atoms with van der Waals surface area (Å²) < 4.78 is 54.9. The lowest BCUT2D eigenvalue weighted by molar-refractivity contribution is -0.0328. The van der Waals surface area contributed by atoms with Crippen LogP contribution in [0.1, 0.15) is 35.4 Å². The maximum absolute atomic E-state index is 14.6. The molecule has 5 nitrogen and oxygen atoms in total. The highest BCUT2D eigenvalue weighted by Gasteiger charge is 2.31. The quantitative estimate of drug-likeness (QED) is 0.411. The van der Waals surface area contributed by atoms with Crippen LogP contribution in [-0.4, -0.2) is 26.2 Å². The molecule has 1 aromatic heterocycles. The first-order chi connectivity index (χ1) is 14.8. The van der Waals surface area contributed by atoms with Crippen LogP contribution in [0.2, 0.25) is 0 Å². The molecule has 0 radical (unpaired) electrons. The summed E-state index contributed by atoms with van der Waals surface area (Å²) >= 11 is -0.355. The number of nitrogens with zero attached hydrogens (tertiary/aromatic N) is 3. The summed E-state index contributed by atoms with van der Waals surface area (Å²) in [6.07, 6.45) is 3.74. The first-order valence-electron chi connectivity index (χ1n) is 9.70. The Labute approximate surface area is 179 Å². The third kappa shape index (κ3) is 4.90. The van der Waals surface area contributed by atoms with E-state index in [1.807, 2.05) is 4.57 Å². The lowest BCUT2D eigenvalue weighted by Gasteiger charge is -2.13. The van der Waals surface area contributed by atoms with Gasteiger partial charge in [-0.3, -0.25) is 4.79 Å². The molecule has 0 fully saturated rings. The number of nitrogens with one attached hydrogen (secondary N) is 1. The van der Waals surface area contributed by atoms with E-state index in [2.05, 4.69) is 15.5 Å². The number of fused-ring (bicyclic) bond motifs is 1. The number of aromatic nitrogens is 3. The largest absolute Gasteiger partial charge is 0.446 e. The van der Waals surface area contributed by atoms with Crippen molar-refractivity contribution in [3.05, 3.63) is 59.7 Å². The molecule has 1 amide bonds. The average Bonchev–Trinajstić information content (AvgIpc) is 2.96. The highest BCUT2D eigenvalue weighted by atomic mass is 32.2. The molecule has 1 aliphatic heterocycles. The van der Waals surface area contributed by atoms with Gasteiger partial charge in [0.1, 0.15) is 11.6 Å². The van der Waals surface area contributed by atoms with Crippen LogP contribution in [0.5, 0.6) is 0 Å². The Kier molecular flexibility index (Phi) is 5.99. The van der Waals surface area contributed by atoms with Crippen molar-refractivity contribution < 1.29 is 22.4 Å². The topological polar surface area (TPSA) is 59.8 Å². The second kappa shape index (κ2) is 8.70. The van der Waals surface area contributed by atoms with Gasteiger partial charge in [0, 0.05) is 23.5 Å². The average molecular weight is 450 g/mol. The van der Waals surface area contributed by atoms with Crippen molar-refractivity contribution in [3.8, 4) is 11.4 Å². The number of carbonyl (C=O) groups excluding carboxylic acids is 1. The van der Waals surface area contributed by atoms with Crippen molar-refractivity contribution in [2.24, 2.45) is 0 Å². The maximum atomic E-state index is 14.6. The minimum atomic E-state index is -4.52. The molecular formula is C21H18F4N4OS. The third-order valence-electron chi connectivity index (χ3n) is 4.93. The van der Waals surface area contributed by atoms with Crippen molar-refractivity contribution in [2.45, 2.75) is 42.6 Å². The fraction of sp³-hybridized carbons (Fsp3) is 0.286. The van der Waals surface area contributed by atoms with Gasteiger partial charge < -0.3 is 9.88 Å². The van der Waals surface area contributed by atoms with E-state index in [1.165, 1.54) is 42.5 Å². The SMILES string of the molecule is O=C(Nc1ccc(F)c(-c2nnc3n2CCCCC3)c1)c1ccccc1SC(F)(F)F. The van der Waals surface area contributed by atoms with Crippen LogP contribution in [0.25, 0.3) is 11.4 Å². The molecule has 0 unspecified atom stereocenters. The van der Waals surface area contributed by atoms with Crippen molar-refractivity contribution >= 4 is 23.4 Å². The first-order valence-corrected chi connectivity index (χ1v) is 10.5. The molecule has 0 saturated heterocycles. The summed E-state index contributed by atoms with van der Waals surface area (Å²) in [5.74, 6) is -0.0755.